The molecule has 0 bridgehead atoms. The van der Waals surface area contributed by atoms with Crippen molar-refractivity contribution in [3.63, 3.8) is 0 Å². The third kappa shape index (κ3) is 4.90. The van der Waals surface area contributed by atoms with Gasteiger partial charge in [-0.3, -0.25) is 9.59 Å². The lowest BCUT2D eigenvalue weighted by Crippen LogP contribution is -2.14. The molecule has 5 heteroatoms. The smallest absolute Gasteiger partial charge is 0.234 e. The van der Waals surface area contributed by atoms with Gasteiger partial charge in [0.25, 0.3) is 0 Å². The summed E-state index contributed by atoms with van der Waals surface area (Å²) >= 11 is 7.57. The van der Waals surface area contributed by atoms with E-state index in [4.69, 9.17) is 11.6 Å². The standard InChI is InChI=1S/C17H16ClNO2S/c1-12(20)13-6-8-15(9-7-13)19-17(21)11-22-10-14-4-2-3-5-16(14)18/h2-9H,10-11H2,1H3,(H,19,21). The van der Waals surface area contributed by atoms with Gasteiger partial charge in [-0.25, -0.2) is 0 Å². The molecule has 0 atom stereocenters. The first-order valence-electron chi connectivity index (χ1n) is 6.78. The fraction of sp³-hybridized carbons (Fsp3) is 0.176. The molecule has 0 spiro atoms. The molecule has 0 radical (unpaired) electrons. The molecule has 0 saturated carbocycles. The Balaban J connectivity index is 1.80. The predicted molar refractivity (Wildman–Crippen MR) is 92.7 cm³/mol. The van der Waals surface area contributed by atoms with Crippen molar-refractivity contribution in [3.8, 4) is 0 Å². The molecule has 0 unspecified atom stereocenters. The number of nitrogens with one attached hydrogen (secondary N) is 1. The van der Waals surface area contributed by atoms with Crippen molar-refractivity contribution in [1.29, 1.82) is 0 Å². The van der Waals surface area contributed by atoms with Crippen molar-refractivity contribution in [1.82, 2.24) is 0 Å². The number of benzene rings is 2. The number of Topliss-reactive ketones (excluding diaryl/α,β-unsaturated/α-hetero) is 1. The first-order chi connectivity index (χ1) is 10.6. The van der Waals surface area contributed by atoms with Crippen LogP contribution < -0.4 is 5.32 Å². The monoisotopic (exact) mass is 333 g/mol. The maximum Gasteiger partial charge on any atom is 0.234 e. The summed E-state index contributed by atoms with van der Waals surface area (Å²) in [5.41, 5.74) is 2.34. The highest BCUT2D eigenvalue weighted by molar-refractivity contribution is 7.99. The number of carbonyl (C=O) groups is 2. The Morgan fingerprint density at radius 3 is 2.41 bits per heavy atom. The Morgan fingerprint density at radius 1 is 1.09 bits per heavy atom. The minimum Gasteiger partial charge on any atom is -0.325 e. The zero-order valence-electron chi connectivity index (χ0n) is 12.1. The molecule has 0 fully saturated rings. The van der Waals surface area contributed by atoms with Crippen molar-refractivity contribution in [2.75, 3.05) is 11.1 Å². The third-order valence-electron chi connectivity index (χ3n) is 3.02. The number of thioether (sulfide) groups is 1. The van der Waals surface area contributed by atoms with E-state index in [2.05, 4.69) is 5.32 Å². The molecule has 3 nitrogen and oxygen atoms in total. The molecule has 0 aliphatic heterocycles. The number of ketones is 1. The zero-order valence-corrected chi connectivity index (χ0v) is 13.7. The first-order valence-corrected chi connectivity index (χ1v) is 8.31. The maximum atomic E-state index is 11.9. The van der Waals surface area contributed by atoms with Crippen LogP contribution in [0.1, 0.15) is 22.8 Å². The molecule has 0 aliphatic carbocycles. The molecule has 2 aromatic carbocycles. The van der Waals surface area contributed by atoms with E-state index < -0.39 is 0 Å². The van der Waals surface area contributed by atoms with Gasteiger partial charge in [0.1, 0.15) is 0 Å². The van der Waals surface area contributed by atoms with Gasteiger partial charge in [-0.2, -0.15) is 0 Å². The van der Waals surface area contributed by atoms with Gasteiger partial charge in [-0.05, 0) is 42.8 Å². The van der Waals surface area contributed by atoms with E-state index in [0.717, 1.165) is 10.6 Å². The average Bonchev–Trinajstić information content (AvgIpc) is 2.50. The van der Waals surface area contributed by atoms with Crippen molar-refractivity contribution in [3.05, 3.63) is 64.7 Å². The lowest BCUT2D eigenvalue weighted by atomic mass is 10.1. The number of hydrogen-bond acceptors (Lipinski definition) is 3. The van der Waals surface area contributed by atoms with Crippen molar-refractivity contribution in [2.45, 2.75) is 12.7 Å². The highest BCUT2D eigenvalue weighted by Crippen LogP contribution is 2.20. The second-order valence-electron chi connectivity index (χ2n) is 4.77. The summed E-state index contributed by atoms with van der Waals surface area (Å²) in [5, 5.41) is 3.52. The molecule has 0 aromatic heterocycles. The molecular formula is C17H16ClNO2S. The molecule has 1 N–H and O–H groups in total. The van der Waals surface area contributed by atoms with Crippen molar-refractivity contribution in [2.24, 2.45) is 0 Å². The molecule has 0 heterocycles. The van der Waals surface area contributed by atoms with Gasteiger partial charge in [-0.15, -0.1) is 11.8 Å². The fourth-order valence-corrected chi connectivity index (χ4v) is 2.97. The van der Waals surface area contributed by atoms with Crippen LogP contribution in [-0.2, 0) is 10.5 Å². The molecule has 0 saturated heterocycles. The maximum absolute atomic E-state index is 11.9. The predicted octanol–water partition coefficient (Wildman–Crippen LogP) is 4.41. The molecule has 1 amide bonds. The Hall–Kier alpha value is -1.78. The Kier molecular flexibility index (Phi) is 6.04. The summed E-state index contributed by atoms with van der Waals surface area (Å²) in [6.45, 7) is 1.51. The first kappa shape index (κ1) is 16.6. The summed E-state index contributed by atoms with van der Waals surface area (Å²) in [7, 11) is 0. The number of hydrogen-bond donors (Lipinski definition) is 1. The Labute approximate surface area is 139 Å². The molecule has 2 aromatic rings. The van der Waals surface area contributed by atoms with Crippen molar-refractivity contribution < 1.29 is 9.59 Å². The summed E-state index contributed by atoms with van der Waals surface area (Å²) in [6.07, 6.45) is 0. The van der Waals surface area contributed by atoms with E-state index in [0.29, 0.717) is 22.8 Å². The number of anilines is 1. The van der Waals surface area contributed by atoms with Crippen LogP contribution in [0.2, 0.25) is 5.02 Å². The van der Waals surface area contributed by atoms with Crippen LogP contribution in [0.5, 0.6) is 0 Å². The van der Waals surface area contributed by atoms with Gasteiger partial charge in [-0.1, -0.05) is 29.8 Å². The van der Waals surface area contributed by atoms with Crippen LogP contribution >= 0.6 is 23.4 Å². The van der Waals surface area contributed by atoms with E-state index in [9.17, 15) is 9.59 Å². The summed E-state index contributed by atoms with van der Waals surface area (Å²) < 4.78 is 0. The minimum atomic E-state index is -0.0763. The molecule has 114 valence electrons. The minimum absolute atomic E-state index is 0.00757. The van der Waals surface area contributed by atoms with Gasteiger partial charge < -0.3 is 5.32 Å². The topological polar surface area (TPSA) is 46.2 Å². The largest absolute Gasteiger partial charge is 0.325 e. The fourth-order valence-electron chi connectivity index (χ4n) is 1.85. The molecular weight excluding hydrogens is 318 g/mol. The highest BCUT2D eigenvalue weighted by Gasteiger charge is 2.05. The van der Waals surface area contributed by atoms with Gasteiger partial charge in [0, 0.05) is 22.0 Å². The van der Waals surface area contributed by atoms with Crippen LogP contribution in [0.15, 0.2) is 48.5 Å². The van der Waals surface area contributed by atoms with Crippen LogP contribution in [-0.4, -0.2) is 17.4 Å². The Bertz CT molecular complexity index is 671. The second kappa shape index (κ2) is 8.01. The van der Waals surface area contributed by atoms with Crippen LogP contribution in [0.3, 0.4) is 0 Å². The van der Waals surface area contributed by atoms with E-state index in [1.54, 1.807) is 24.3 Å². The van der Waals surface area contributed by atoms with Crippen LogP contribution in [0.4, 0.5) is 5.69 Å². The number of rotatable bonds is 6. The van der Waals surface area contributed by atoms with Crippen LogP contribution in [0, 0.1) is 0 Å². The van der Waals surface area contributed by atoms with Gasteiger partial charge in [0.05, 0.1) is 5.75 Å². The number of amides is 1. The Morgan fingerprint density at radius 2 is 1.77 bits per heavy atom. The quantitative estimate of drug-likeness (QED) is 0.796. The van der Waals surface area contributed by atoms with E-state index in [-0.39, 0.29) is 11.7 Å². The summed E-state index contributed by atoms with van der Waals surface area (Å²) in [6, 6.07) is 14.5. The van der Waals surface area contributed by atoms with Gasteiger partial charge >= 0.3 is 0 Å². The third-order valence-corrected chi connectivity index (χ3v) is 4.37. The number of halogens is 1. The number of carbonyl (C=O) groups excluding carboxylic acids is 2. The van der Waals surface area contributed by atoms with E-state index in [1.807, 2.05) is 24.3 Å². The molecule has 0 aliphatic rings. The highest BCUT2D eigenvalue weighted by atomic mass is 35.5. The summed E-state index contributed by atoms with van der Waals surface area (Å²) in [5.74, 6) is 0.969. The van der Waals surface area contributed by atoms with E-state index in [1.165, 1.54) is 18.7 Å². The van der Waals surface area contributed by atoms with Gasteiger partial charge in [0.2, 0.25) is 5.91 Å². The average molecular weight is 334 g/mol. The van der Waals surface area contributed by atoms with Crippen LogP contribution in [0.25, 0.3) is 0 Å². The van der Waals surface area contributed by atoms with Crippen molar-refractivity contribution >= 4 is 40.7 Å². The lowest BCUT2D eigenvalue weighted by molar-refractivity contribution is -0.113. The van der Waals surface area contributed by atoms with E-state index >= 15 is 0 Å². The second-order valence-corrected chi connectivity index (χ2v) is 6.16. The zero-order chi connectivity index (χ0) is 15.9. The normalized spacial score (nSPS) is 10.3. The molecule has 2 rings (SSSR count). The molecule has 22 heavy (non-hydrogen) atoms. The SMILES string of the molecule is CC(=O)c1ccc(NC(=O)CSCc2ccccc2Cl)cc1. The lowest BCUT2D eigenvalue weighted by Gasteiger charge is -2.06. The van der Waals surface area contributed by atoms with Gasteiger partial charge in [0.15, 0.2) is 5.78 Å². The summed E-state index contributed by atoms with van der Waals surface area (Å²) in [4.78, 5) is 23.1.